The Kier molecular flexibility index (Phi) is 7.77. The van der Waals surface area contributed by atoms with E-state index in [9.17, 15) is 32.3 Å². The molecule has 0 radical (unpaired) electrons. The third kappa shape index (κ3) is 5.52. The molecule has 1 atom stereocenters. The first kappa shape index (κ1) is 28.3. The molecule has 3 aliphatic heterocycles. The van der Waals surface area contributed by atoms with E-state index in [2.05, 4.69) is 14.6 Å². The zero-order valence-electron chi connectivity index (χ0n) is 21.7. The van der Waals surface area contributed by atoms with E-state index in [4.69, 9.17) is 0 Å². The molecule has 2 amide bonds. The van der Waals surface area contributed by atoms with E-state index in [0.717, 1.165) is 22.9 Å². The molecule has 0 saturated carbocycles. The summed E-state index contributed by atoms with van der Waals surface area (Å²) in [4.78, 5) is 31.2. The Morgan fingerprint density at radius 1 is 1.18 bits per heavy atom. The molecule has 1 unspecified atom stereocenters. The van der Waals surface area contributed by atoms with Crippen LogP contribution in [0.1, 0.15) is 47.9 Å². The minimum Gasteiger partial charge on any atom is -0.394 e. The summed E-state index contributed by atoms with van der Waals surface area (Å²) in [5, 5.41) is 14.1. The van der Waals surface area contributed by atoms with E-state index in [-0.39, 0.29) is 35.9 Å². The Bertz CT molecular complexity index is 1390. The average Bonchev–Trinajstić information content (AvgIpc) is 3.45. The average molecular weight is 577 g/mol. The molecule has 3 aliphatic rings. The molecule has 212 valence electrons. The van der Waals surface area contributed by atoms with E-state index in [0.29, 0.717) is 44.8 Å². The minimum atomic E-state index is -4.85. The predicted octanol–water partition coefficient (Wildman–Crippen LogP) is 4.67. The summed E-state index contributed by atoms with van der Waals surface area (Å²) in [6, 6.07) is 8.14. The third-order valence-electron chi connectivity index (χ3n) is 7.60. The van der Waals surface area contributed by atoms with Crippen LogP contribution in [-0.4, -0.2) is 58.3 Å². The lowest BCUT2D eigenvalue weighted by Crippen LogP contribution is -2.47. The normalized spacial score (nSPS) is 21.5. The lowest BCUT2D eigenvalue weighted by atomic mass is 9.89. The number of amides is 2. The number of nitrogens with one attached hydrogen (secondary N) is 1. The molecule has 2 saturated heterocycles. The van der Waals surface area contributed by atoms with Gasteiger partial charge in [-0.3, -0.25) is 14.6 Å². The van der Waals surface area contributed by atoms with Crippen molar-refractivity contribution < 1.29 is 32.3 Å². The molecule has 7 nitrogen and oxygen atoms in total. The van der Waals surface area contributed by atoms with Crippen LogP contribution in [0, 0.1) is 12.7 Å². The number of aliphatic imine (C=N–C) groups is 1. The molecular formula is C28H28F4N4O3S. The number of aryl methyl sites for hydroxylation is 1. The first-order valence-corrected chi connectivity index (χ1v) is 13.7. The molecule has 2 aromatic rings. The van der Waals surface area contributed by atoms with Crippen LogP contribution >= 0.6 is 11.9 Å². The fourth-order valence-electron chi connectivity index (χ4n) is 5.30. The van der Waals surface area contributed by atoms with Crippen LogP contribution in [0.2, 0.25) is 0 Å². The summed E-state index contributed by atoms with van der Waals surface area (Å²) in [6.07, 6.45) is -1.04. The van der Waals surface area contributed by atoms with Crippen LogP contribution in [-0.2, 0) is 15.8 Å². The van der Waals surface area contributed by atoms with E-state index >= 15 is 0 Å². The summed E-state index contributed by atoms with van der Waals surface area (Å²) < 4.78 is 55.2. The topological polar surface area (TPSA) is 85.2 Å². The van der Waals surface area contributed by atoms with Crippen molar-refractivity contribution in [3.8, 4) is 0 Å². The Balaban J connectivity index is 1.21. The van der Waals surface area contributed by atoms with Gasteiger partial charge in [-0.1, -0.05) is 18.0 Å². The highest BCUT2D eigenvalue weighted by Crippen LogP contribution is 2.36. The van der Waals surface area contributed by atoms with Crippen LogP contribution in [0.4, 0.5) is 23.2 Å². The van der Waals surface area contributed by atoms with Crippen molar-refractivity contribution in [1.29, 1.82) is 0 Å². The number of anilines is 1. The molecule has 1 spiro atoms. The summed E-state index contributed by atoms with van der Waals surface area (Å²) in [6.45, 7) is 2.96. The maximum atomic E-state index is 13.7. The van der Waals surface area contributed by atoms with Gasteiger partial charge in [-0.25, -0.2) is 8.70 Å². The van der Waals surface area contributed by atoms with E-state index in [1.54, 1.807) is 4.90 Å². The van der Waals surface area contributed by atoms with Crippen molar-refractivity contribution in [2.24, 2.45) is 4.99 Å². The van der Waals surface area contributed by atoms with Crippen LogP contribution in [0.3, 0.4) is 0 Å². The molecule has 0 aromatic heterocycles. The number of hydrogen-bond donors (Lipinski definition) is 2. The predicted molar refractivity (Wildman–Crippen MR) is 145 cm³/mol. The molecule has 0 bridgehead atoms. The van der Waals surface area contributed by atoms with Gasteiger partial charge in [-0.2, -0.15) is 13.2 Å². The molecule has 2 N–H and O–H groups in total. The van der Waals surface area contributed by atoms with Gasteiger partial charge in [0.25, 0.3) is 5.91 Å². The Morgan fingerprint density at radius 2 is 1.93 bits per heavy atom. The highest BCUT2D eigenvalue weighted by atomic mass is 32.2. The molecule has 40 heavy (non-hydrogen) atoms. The van der Waals surface area contributed by atoms with Gasteiger partial charge in [0.15, 0.2) is 0 Å². The zero-order chi connectivity index (χ0) is 28.7. The van der Waals surface area contributed by atoms with Gasteiger partial charge >= 0.3 is 6.18 Å². The molecule has 0 aliphatic carbocycles. The Labute approximate surface area is 233 Å². The lowest BCUT2D eigenvalue weighted by molar-refractivity contribution is -0.140. The number of amidine groups is 1. The summed E-state index contributed by atoms with van der Waals surface area (Å²) in [7, 11) is 0. The number of carbonyl (C=O) groups is 2. The largest absolute Gasteiger partial charge is 0.419 e. The molecular weight excluding hydrogens is 548 g/mol. The zero-order valence-corrected chi connectivity index (χ0v) is 22.5. The van der Waals surface area contributed by atoms with Crippen molar-refractivity contribution in [3.63, 3.8) is 0 Å². The van der Waals surface area contributed by atoms with Crippen molar-refractivity contribution in [3.05, 3.63) is 69.9 Å². The van der Waals surface area contributed by atoms with E-state index < -0.39 is 23.1 Å². The number of halogens is 4. The van der Waals surface area contributed by atoms with Crippen LogP contribution in [0.15, 0.2) is 46.8 Å². The second kappa shape index (κ2) is 11.0. The molecule has 12 heteroatoms. The maximum Gasteiger partial charge on any atom is 0.419 e. The number of aliphatic hydroxyl groups excluding tert-OH is 1. The van der Waals surface area contributed by atoms with Gasteiger partial charge < -0.3 is 15.3 Å². The Morgan fingerprint density at radius 3 is 2.60 bits per heavy atom. The fourth-order valence-corrected chi connectivity index (χ4v) is 6.07. The van der Waals surface area contributed by atoms with Gasteiger partial charge in [0.2, 0.25) is 5.91 Å². The number of piperidine rings is 1. The van der Waals surface area contributed by atoms with Crippen molar-refractivity contribution in [2.45, 2.75) is 50.4 Å². The highest BCUT2D eigenvalue weighted by Gasteiger charge is 2.46. The number of hydrogen-bond acceptors (Lipinski definition) is 6. The standard InChI is InChI=1S/C28H28F4N4O3S/c1-17-14-20(36-21(16-37)5-7-24(36)38)4-2-18(17)8-13-40-35-11-9-27(10-12-35)26(39)33-25(34-27)19-3-6-23(29)22(15-19)28(30,31)32/h2-4,6,8,13-15,21,37H,5,7,9-12,16H2,1H3,(H,33,34,39)/b13-8+. The quantitative estimate of drug-likeness (QED) is 0.386. The minimum absolute atomic E-state index is 0.0105. The first-order chi connectivity index (χ1) is 19.0. The van der Waals surface area contributed by atoms with Crippen LogP contribution in [0.25, 0.3) is 6.08 Å². The summed E-state index contributed by atoms with van der Waals surface area (Å²) in [5.74, 6) is -1.71. The summed E-state index contributed by atoms with van der Waals surface area (Å²) >= 11 is 1.49. The monoisotopic (exact) mass is 576 g/mol. The number of nitrogens with zero attached hydrogens (tertiary/aromatic N) is 3. The number of rotatable bonds is 6. The summed E-state index contributed by atoms with van der Waals surface area (Å²) in [5.41, 5.74) is 0.302. The maximum absolute atomic E-state index is 13.7. The molecule has 2 fully saturated rings. The highest BCUT2D eigenvalue weighted by molar-refractivity contribution is 8.00. The molecule has 3 heterocycles. The SMILES string of the molecule is Cc1cc(N2C(=O)CCC2CO)ccc1/C=C/SN1CCC2(CC1)N=C(c1ccc(F)c(C(F)(F)F)c1)NC2=O. The molecule has 2 aromatic carbocycles. The Hall–Kier alpha value is -3.22. The fraction of sp³-hybridized carbons (Fsp3) is 0.393. The number of carbonyl (C=O) groups excluding carboxylic acids is 2. The van der Waals surface area contributed by atoms with Gasteiger partial charge in [0.1, 0.15) is 17.2 Å². The second-order valence-electron chi connectivity index (χ2n) is 10.2. The van der Waals surface area contributed by atoms with Gasteiger partial charge in [0.05, 0.1) is 18.2 Å². The van der Waals surface area contributed by atoms with E-state index in [1.807, 2.05) is 36.6 Å². The molecule has 5 rings (SSSR count). The number of aliphatic hydroxyl groups is 1. The van der Waals surface area contributed by atoms with Crippen molar-refractivity contribution >= 4 is 41.4 Å². The van der Waals surface area contributed by atoms with Crippen molar-refractivity contribution in [2.75, 3.05) is 24.6 Å². The van der Waals surface area contributed by atoms with Gasteiger partial charge in [-0.05, 0) is 79.1 Å². The number of alkyl halides is 3. The van der Waals surface area contributed by atoms with Crippen LogP contribution < -0.4 is 10.2 Å². The second-order valence-corrected chi connectivity index (χ2v) is 11.2. The smallest absolute Gasteiger partial charge is 0.394 e. The number of benzene rings is 2. The lowest BCUT2D eigenvalue weighted by Gasteiger charge is -2.34. The van der Waals surface area contributed by atoms with Gasteiger partial charge in [0, 0.05) is 30.8 Å². The van der Waals surface area contributed by atoms with Crippen molar-refractivity contribution in [1.82, 2.24) is 9.62 Å². The van der Waals surface area contributed by atoms with Crippen LogP contribution in [0.5, 0.6) is 0 Å². The van der Waals surface area contributed by atoms with E-state index in [1.165, 1.54) is 18.0 Å². The third-order valence-corrected chi connectivity index (χ3v) is 8.52. The van der Waals surface area contributed by atoms with Gasteiger partial charge in [-0.15, -0.1) is 0 Å². The first-order valence-electron chi connectivity index (χ1n) is 12.9.